The van der Waals surface area contributed by atoms with Gasteiger partial charge in [0.1, 0.15) is 0 Å². The Hall–Kier alpha value is -0.120. The molecule has 0 bridgehead atoms. The van der Waals surface area contributed by atoms with Crippen LogP contribution in [-0.4, -0.2) is 36.1 Å². The number of rotatable bonds is 5. The van der Waals surface area contributed by atoms with E-state index < -0.39 is 0 Å². The van der Waals surface area contributed by atoms with Crippen LogP contribution < -0.4 is 0 Å². The van der Waals surface area contributed by atoms with Crippen LogP contribution in [0.15, 0.2) is 0 Å². The van der Waals surface area contributed by atoms with Gasteiger partial charge in [0, 0.05) is 12.0 Å². The average Bonchev–Trinajstić information content (AvgIpc) is 1.97. The summed E-state index contributed by atoms with van der Waals surface area (Å²) in [5.74, 6) is 0. The Morgan fingerprint density at radius 1 is 1.50 bits per heavy atom. The maximum Gasteiger partial charge on any atom is 0.0569 e. The third kappa shape index (κ3) is 2.19. The van der Waals surface area contributed by atoms with Gasteiger partial charge in [-0.25, -0.2) is 0 Å². The van der Waals surface area contributed by atoms with E-state index in [2.05, 4.69) is 6.92 Å². The van der Waals surface area contributed by atoms with Gasteiger partial charge < -0.3 is 14.9 Å². The highest BCUT2D eigenvalue weighted by molar-refractivity contribution is 4.86. The zero-order chi connectivity index (χ0) is 9.03. The van der Waals surface area contributed by atoms with Crippen molar-refractivity contribution in [1.29, 1.82) is 0 Å². The first-order valence-electron chi connectivity index (χ1n) is 4.59. The van der Waals surface area contributed by atoms with E-state index in [1.165, 1.54) is 0 Å². The van der Waals surface area contributed by atoms with Crippen molar-refractivity contribution in [1.82, 2.24) is 0 Å². The Morgan fingerprint density at radius 2 is 2.17 bits per heavy atom. The van der Waals surface area contributed by atoms with Gasteiger partial charge in [-0.1, -0.05) is 6.92 Å². The molecule has 0 aliphatic carbocycles. The van der Waals surface area contributed by atoms with E-state index in [-0.39, 0.29) is 18.1 Å². The Kier molecular flexibility index (Phi) is 3.50. The van der Waals surface area contributed by atoms with Crippen LogP contribution in [0.4, 0.5) is 0 Å². The number of aliphatic hydroxyl groups is 2. The normalized spacial score (nSPS) is 23.2. The Labute approximate surface area is 73.4 Å². The molecule has 0 saturated carbocycles. The second kappa shape index (κ2) is 4.21. The topological polar surface area (TPSA) is 49.7 Å². The van der Waals surface area contributed by atoms with E-state index in [0.717, 1.165) is 26.1 Å². The van der Waals surface area contributed by atoms with Crippen molar-refractivity contribution >= 4 is 0 Å². The van der Waals surface area contributed by atoms with Crippen LogP contribution in [-0.2, 0) is 4.74 Å². The molecule has 1 atom stereocenters. The average molecular weight is 174 g/mol. The van der Waals surface area contributed by atoms with Crippen molar-refractivity contribution in [2.45, 2.75) is 32.3 Å². The summed E-state index contributed by atoms with van der Waals surface area (Å²) in [4.78, 5) is 0. The summed E-state index contributed by atoms with van der Waals surface area (Å²) in [5, 5.41) is 18.1. The lowest BCUT2D eigenvalue weighted by Gasteiger charge is -2.42. The maximum absolute atomic E-state index is 9.47. The van der Waals surface area contributed by atoms with Gasteiger partial charge in [-0.05, 0) is 19.3 Å². The molecule has 0 radical (unpaired) electrons. The molecule has 2 N–H and O–H groups in total. The highest BCUT2D eigenvalue weighted by Crippen LogP contribution is 2.36. The first kappa shape index (κ1) is 9.96. The van der Waals surface area contributed by atoms with E-state index in [9.17, 15) is 5.11 Å². The van der Waals surface area contributed by atoms with Crippen molar-refractivity contribution in [3.8, 4) is 0 Å². The van der Waals surface area contributed by atoms with Gasteiger partial charge >= 0.3 is 0 Å². The number of hydrogen-bond acceptors (Lipinski definition) is 3. The first-order valence-corrected chi connectivity index (χ1v) is 4.59. The van der Waals surface area contributed by atoms with Crippen LogP contribution in [0.1, 0.15) is 26.2 Å². The Bertz CT molecular complexity index is 126. The monoisotopic (exact) mass is 174 g/mol. The van der Waals surface area contributed by atoms with Crippen LogP contribution in [0.2, 0.25) is 0 Å². The van der Waals surface area contributed by atoms with Crippen LogP contribution in [0.3, 0.4) is 0 Å². The summed E-state index contributed by atoms with van der Waals surface area (Å²) in [7, 11) is 0. The number of ether oxygens (including phenoxy) is 1. The van der Waals surface area contributed by atoms with E-state index in [4.69, 9.17) is 9.84 Å². The molecular weight excluding hydrogens is 156 g/mol. The van der Waals surface area contributed by atoms with Gasteiger partial charge in [-0.15, -0.1) is 0 Å². The van der Waals surface area contributed by atoms with E-state index in [1.54, 1.807) is 0 Å². The highest BCUT2D eigenvalue weighted by Gasteiger charge is 2.38. The molecule has 0 aromatic carbocycles. The van der Waals surface area contributed by atoms with Crippen molar-refractivity contribution in [3.63, 3.8) is 0 Å². The minimum absolute atomic E-state index is 0.0712. The molecule has 72 valence electrons. The predicted molar refractivity (Wildman–Crippen MR) is 45.9 cm³/mol. The molecule has 1 saturated heterocycles. The summed E-state index contributed by atoms with van der Waals surface area (Å²) in [6, 6.07) is 0. The number of aliphatic hydroxyl groups excluding tert-OH is 2. The second-order valence-corrected chi connectivity index (χ2v) is 3.72. The maximum atomic E-state index is 9.47. The highest BCUT2D eigenvalue weighted by atomic mass is 16.5. The summed E-state index contributed by atoms with van der Waals surface area (Å²) in [6.07, 6.45) is 1.94. The molecule has 0 amide bonds. The molecule has 0 aromatic heterocycles. The first-order chi connectivity index (χ1) is 5.72. The zero-order valence-electron chi connectivity index (χ0n) is 7.62. The Balaban J connectivity index is 2.27. The van der Waals surface area contributed by atoms with E-state index >= 15 is 0 Å². The van der Waals surface area contributed by atoms with Crippen LogP contribution in [0.5, 0.6) is 0 Å². The molecule has 1 rings (SSSR count). The van der Waals surface area contributed by atoms with Gasteiger partial charge in [0.05, 0.1) is 19.3 Å². The molecular formula is C9H18O3. The van der Waals surface area contributed by atoms with Crippen molar-refractivity contribution in [2.24, 2.45) is 5.41 Å². The third-order valence-electron chi connectivity index (χ3n) is 2.70. The van der Waals surface area contributed by atoms with Gasteiger partial charge in [-0.2, -0.15) is 0 Å². The molecule has 12 heavy (non-hydrogen) atoms. The van der Waals surface area contributed by atoms with Crippen LogP contribution in [0.25, 0.3) is 0 Å². The zero-order valence-corrected chi connectivity index (χ0v) is 7.62. The fourth-order valence-corrected chi connectivity index (χ4v) is 1.61. The molecule has 3 nitrogen and oxygen atoms in total. The molecule has 3 heteroatoms. The SMILES string of the molecule is CCC1(CC(O)CCO)COC1. The fourth-order valence-electron chi connectivity index (χ4n) is 1.61. The van der Waals surface area contributed by atoms with Gasteiger partial charge in [-0.3, -0.25) is 0 Å². The van der Waals surface area contributed by atoms with Crippen LogP contribution >= 0.6 is 0 Å². The summed E-state index contributed by atoms with van der Waals surface area (Å²) >= 11 is 0. The van der Waals surface area contributed by atoms with E-state index in [1.807, 2.05) is 0 Å². The van der Waals surface area contributed by atoms with Crippen molar-refractivity contribution < 1.29 is 14.9 Å². The summed E-state index contributed by atoms with van der Waals surface area (Å²) < 4.78 is 5.13. The number of hydrogen-bond donors (Lipinski definition) is 2. The molecule has 1 aliphatic heterocycles. The van der Waals surface area contributed by atoms with Gasteiger partial charge in [0.15, 0.2) is 0 Å². The minimum atomic E-state index is -0.362. The summed E-state index contributed by atoms with van der Waals surface area (Å²) in [5.41, 5.74) is 0.203. The Morgan fingerprint density at radius 3 is 2.50 bits per heavy atom. The summed E-state index contributed by atoms with van der Waals surface area (Å²) in [6.45, 7) is 3.73. The third-order valence-corrected chi connectivity index (χ3v) is 2.70. The lowest BCUT2D eigenvalue weighted by molar-refractivity contribution is -0.135. The largest absolute Gasteiger partial charge is 0.396 e. The standard InChI is InChI=1S/C9H18O3/c1-2-9(6-12-7-9)5-8(11)3-4-10/h8,10-11H,2-7H2,1H3. The van der Waals surface area contributed by atoms with Crippen molar-refractivity contribution in [2.75, 3.05) is 19.8 Å². The van der Waals surface area contributed by atoms with Crippen LogP contribution in [0, 0.1) is 5.41 Å². The molecule has 0 aromatic rings. The second-order valence-electron chi connectivity index (χ2n) is 3.72. The molecule has 1 unspecified atom stereocenters. The lowest BCUT2D eigenvalue weighted by Crippen LogP contribution is -2.44. The fraction of sp³-hybridized carbons (Fsp3) is 1.00. The van der Waals surface area contributed by atoms with Crippen molar-refractivity contribution in [3.05, 3.63) is 0 Å². The quantitative estimate of drug-likeness (QED) is 0.640. The van der Waals surface area contributed by atoms with Gasteiger partial charge in [0.25, 0.3) is 0 Å². The smallest absolute Gasteiger partial charge is 0.0569 e. The predicted octanol–water partition coefficient (Wildman–Crippen LogP) is 0.546. The molecule has 0 spiro atoms. The van der Waals surface area contributed by atoms with E-state index in [0.29, 0.717) is 6.42 Å². The molecule has 1 heterocycles. The minimum Gasteiger partial charge on any atom is -0.396 e. The lowest BCUT2D eigenvalue weighted by atomic mass is 9.77. The molecule has 1 fully saturated rings. The van der Waals surface area contributed by atoms with Gasteiger partial charge in [0.2, 0.25) is 0 Å². The molecule has 1 aliphatic rings.